The van der Waals surface area contributed by atoms with Crippen LogP contribution in [0.3, 0.4) is 0 Å². The van der Waals surface area contributed by atoms with E-state index in [-0.39, 0.29) is 0 Å². The number of halogens is 1. The number of piperazine rings is 1. The minimum Gasteiger partial charge on any atom is -0.369 e. The van der Waals surface area contributed by atoms with E-state index in [2.05, 4.69) is 69.7 Å². The highest BCUT2D eigenvalue weighted by Crippen LogP contribution is 2.27. The Morgan fingerprint density at radius 2 is 1.91 bits per heavy atom. The van der Waals surface area contributed by atoms with E-state index in [1.165, 1.54) is 5.69 Å². The number of rotatable bonds is 7. The van der Waals surface area contributed by atoms with Gasteiger partial charge in [0.1, 0.15) is 0 Å². The van der Waals surface area contributed by atoms with Gasteiger partial charge in [-0.2, -0.15) is 0 Å². The third-order valence-electron chi connectivity index (χ3n) is 6.05. The summed E-state index contributed by atoms with van der Waals surface area (Å²) < 4.78 is 11.5. The molecule has 1 saturated heterocycles. The maximum absolute atomic E-state index is 10.5. The number of hydrogen-bond acceptors (Lipinski definition) is 5. The second kappa shape index (κ2) is 12.0. The minimum absolute atomic E-state index is 0.500. The lowest BCUT2D eigenvalue weighted by Crippen LogP contribution is -2.50. The highest BCUT2D eigenvalue weighted by atomic mass is 19.1. The fourth-order valence-corrected chi connectivity index (χ4v) is 4.05. The molecular weight excluding hydrogens is 431 g/mol. The summed E-state index contributed by atoms with van der Waals surface area (Å²) in [5.74, 6) is 0. The Hall–Kier alpha value is -3.65. The molecule has 1 aliphatic rings. The zero-order valence-corrected chi connectivity index (χ0v) is 20.2. The number of amides is 1. The molecule has 1 aromatic carbocycles. The number of fused-ring (bicyclic) bond motifs is 1. The maximum Gasteiger partial charge on any atom is 0.211 e. The first-order chi connectivity index (χ1) is 16.6. The number of likely N-dealkylation sites (N-methyl/N-ethyl adjacent to an activating group) is 1. The van der Waals surface area contributed by atoms with Crippen molar-refractivity contribution in [1.82, 2.24) is 19.6 Å². The van der Waals surface area contributed by atoms with Crippen molar-refractivity contribution in [3.63, 3.8) is 0 Å². The smallest absolute Gasteiger partial charge is 0.211 e. The summed E-state index contributed by atoms with van der Waals surface area (Å²) in [6.07, 6.45) is 9.89. The molecule has 0 spiro atoms. The second-order valence-corrected chi connectivity index (χ2v) is 8.06. The molecular formula is C26H33FN6O. The van der Waals surface area contributed by atoms with Gasteiger partial charge < -0.3 is 20.4 Å². The Kier molecular flexibility index (Phi) is 8.81. The van der Waals surface area contributed by atoms with Gasteiger partial charge in [-0.15, -0.1) is 0 Å². The number of hydrogen-bond donors (Lipinski definition) is 2. The highest BCUT2D eigenvalue weighted by Gasteiger charge is 2.20. The molecule has 8 heteroatoms. The van der Waals surface area contributed by atoms with Crippen LogP contribution in [0.15, 0.2) is 67.1 Å². The van der Waals surface area contributed by atoms with Crippen LogP contribution >= 0.6 is 0 Å². The van der Waals surface area contributed by atoms with Crippen LogP contribution in [0.1, 0.15) is 19.5 Å². The van der Waals surface area contributed by atoms with Gasteiger partial charge in [-0.25, -0.2) is 4.98 Å². The second-order valence-electron chi connectivity index (χ2n) is 8.06. The van der Waals surface area contributed by atoms with Crippen molar-refractivity contribution in [3.05, 3.63) is 72.8 Å². The number of pyridine rings is 1. The van der Waals surface area contributed by atoms with E-state index in [4.69, 9.17) is 0 Å². The highest BCUT2D eigenvalue weighted by molar-refractivity contribution is 5.80. The number of allylic oxidation sites excluding steroid dienone is 3. The molecule has 7 nitrogen and oxygen atoms in total. The molecule has 1 atom stereocenters. The van der Waals surface area contributed by atoms with Crippen LogP contribution in [-0.2, 0) is 4.79 Å². The van der Waals surface area contributed by atoms with Crippen molar-refractivity contribution in [2.75, 3.05) is 44.1 Å². The molecule has 34 heavy (non-hydrogen) atoms. The van der Waals surface area contributed by atoms with E-state index in [0.29, 0.717) is 19.6 Å². The topological polar surface area (TPSA) is 64.9 Å². The van der Waals surface area contributed by atoms with E-state index in [9.17, 15) is 9.18 Å². The number of benzene rings is 1. The van der Waals surface area contributed by atoms with Gasteiger partial charge in [0, 0.05) is 55.6 Å². The Labute approximate surface area is 200 Å². The Bertz CT molecular complexity index is 1140. The molecule has 0 radical (unpaired) electrons. The van der Waals surface area contributed by atoms with Crippen LogP contribution in [0.5, 0.6) is 0 Å². The van der Waals surface area contributed by atoms with E-state index >= 15 is 0 Å². The number of carbonyl (C=O) groups excluding carboxylic acids is 1. The number of carbonyl (C=O) groups is 1. The SMILES string of the molecule is C/C=C(\C=C/NC=O)c1ccc(Nc2ccc(N3CCN(C)C(C)C3)cc2)c2nccn12.CF. The van der Waals surface area contributed by atoms with Crippen molar-refractivity contribution in [3.8, 4) is 0 Å². The normalized spacial score (nSPS) is 16.9. The molecule has 1 aliphatic heterocycles. The van der Waals surface area contributed by atoms with Gasteiger partial charge in [-0.05, 0) is 68.9 Å². The predicted molar refractivity (Wildman–Crippen MR) is 138 cm³/mol. The third-order valence-corrected chi connectivity index (χ3v) is 6.05. The average Bonchev–Trinajstić information content (AvgIpc) is 3.37. The molecule has 2 N–H and O–H groups in total. The quantitative estimate of drug-likeness (QED) is 0.399. The summed E-state index contributed by atoms with van der Waals surface area (Å²) in [5, 5.41) is 6.07. The van der Waals surface area contributed by atoms with Crippen molar-refractivity contribution in [2.45, 2.75) is 19.9 Å². The summed E-state index contributed by atoms with van der Waals surface area (Å²) in [4.78, 5) is 19.9. The molecule has 180 valence electrons. The van der Waals surface area contributed by atoms with Crippen molar-refractivity contribution in [2.24, 2.45) is 0 Å². The lowest BCUT2D eigenvalue weighted by Gasteiger charge is -2.39. The molecule has 3 aromatic rings. The summed E-state index contributed by atoms with van der Waals surface area (Å²) in [6, 6.07) is 13.3. The van der Waals surface area contributed by atoms with Gasteiger partial charge >= 0.3 is 0 Å². The zero-order valence-electron chi connectivity index (χ0n) is 20.2. The van der Waals surface area contributed by atoms with Crippen LogP contribution < -0.4 is 15.5 Å². The Balaban J connectivity index is 0.00000158. The molecule has 0 bridgehead atoms. The first-order valence-corrected chi connectivity index (χ1v) is 11.3. The van der Waals surface area contributed by atoms with Gasteiger partial charge in [0.2, 0.25) is 6.41 Å². The van der Waals surface area contributed by atoms with Crippen LogP contribution in [0.25, 0.3) is 11.2 Å². The fourth-order valence-electron chi connectivity index (χ4n) is 4.05. The number of nitrogens with zero attached hydrogens (tertiary/aromatic N) is 4. The van der Waals surface area contributed by atoms with Gasteiger partial charge in [0.15, 0.2) is 5.65 Å². The first-order valence-electron chi connectivity index (χ1n) is 11.3. The summed E-state index contributed by atoms with van der Waals surface area (Å²) in [6.45, 7) is 7.42. The van der Waals surface area contributed by atoms with Gasteiger partial charge in [-0.1, -0.05) is 6.08 Å². The number of nitrogens with one attached hydrogen (secondary N) is 2. The molecule has 3 heterocycles. The molecule has 1 unspecified atom stereocenters. The van der Waals surface area contributed by atoms with Crippen molar-refractivity contribution >= 4 is 34.7 Å². The monoisotopic (exact) mass is 464 g/mol. The molecule has 0 aliphatic carbocycles. The number of alkyl halides is 1. The predicted octanol–water partition coefficient (Wildman–Crippen LogP) is 4.47. The van der Waals surface area contributed by atoms with Crippen molar-refractivity contribution in [1.29, 1.82) is 0 Å². The van der Waals surface area contributed by atoms with E-state index < -0.39 is 0 Å². The van der Waals surface area contributed by atoms with Crippen LogP contribution in [0.2, 0.25) is 0 Å². The number of imidazole rings is 1. The maximum atomic E-state index is 10.5. The van der Waals surface area contributed by atoms with Crippen LogP contribution in [-0.4, -0.2) is 60.6 Å². The van der Waals surface area contributed by atoms with E-state index in [1.807, 2.05) is 35.7 Å². The van der Waals surface area contributed by atoms with Crippen LogP contribution in [0, 0.1) is 0 Å². The number of anilines is 3. The summed E-state index contributed by atoms with van der Waals surface area (Å²) >= 11 is 0. The average molecular weight is 465 g/mol. The van der Waals surface area contributed by atoms with E-state index in [0.717, 1.165) is 47.9 Å². The molecule has 0 saturated carbocycles. The van der Waals surface area contributed by atoms with E-state index in [1.54, 1.807) is 12.4 Å². The first kappa shape index (κ1) is 25.0. The van der Waals surface area contributed by atoms with Gasteiger partial charge in [0.05, 0.1) is 18.6 Å². The lowest BCUT2D eigenvalue weighted by molar-refractivity contribution is -0.108. The molecule has 1 fully saturated rings. The Morgan fingerprint density at radius 1 is 1.15 bits per heavy atom. The lowest BCUT2D eigenvalue weighted by atomic mass is 10.1. The minimum atomic E-state index is 0.500. The Morgan fingerprint density at radius 3 is 2.59 bits per heavy atom. The van der Waals surface area contributed by atoms with Gasteiger partial charge in [-0.3, -0.25) is 13.6 Å². The van der Waals surface area contributed by atoms with Crippen LogP contribution in [0.4, 0.5) is 21.5 Å². The third kappa shape index (κ3) is 5.63. The summed E-state index contributed by atoms with van der Waals surface area (Å²) in [5.41, 5.74) is 6.04. The standard InChI is InChI=1S/C25H30N6O.CH3F/c1-4-20(11-12-26-18-32)24-10-9-23(25-27-13-14-31(24)25)28-21-5-7-22(8-6-21)30-16-15-29(3)19(2)17-30;1-2/h4-14,18-19,28H,15-17H2,1-3H3,(H,26,32);1H3/b12-11-,20-4+;. The molecule has 4 rings (SSSR count). The van der Waals surface area contributed by atoms with Crippen molar-refractivity contribution < 1.29 is 9.18 Å². The summed E-state index contributed by atoms with van der Waals surface area (Å²) in [7, 11) is 2.69. The zero-order chi connectivity index (χ0) is 24.5. The fraction of sp³-hybridized carbons (Fsp3) is 0.308. The molecule has 1 amide bonds. The number of aromatic nitrogens is 2. The van der Waals surface area contributed by atoms with Gasteiger partial charge in [0.25, 0.3) is 0 Å². The molecule has 2 aromatic heterocycles. The largest absolute Gasteiger partial charge is 0.369 e.